The van der Waals surface area contributed by atoms with Crippen LogP contribution in [0.1, 0.15) is 32.3 Å². The highest BCUT2D eigenvalue weighted by Gasteiger charge is 2.35. The molecule has 1 aromatic heterocycles. The second-order valence-corrected chi connectivity index (χ2v) is 4.36. The van der Waals surface area contributed by atoms with Crippen molar-refractivity contribution >= 4 is 17.4 Å². The molecule has 1 heterocycles. The van der Waals surface area contributed by atoms with E-state index < -0.39 is 0 Å². The van der Waals surface area contributed by atoms with E-state index in [1.807, 2.05) is 0 Å². The highest BCUT2D eigenvalue weighted by molar-refractivity contribution is 6.30. The molecule has 0 saturated heterocycles. The molecule has 0 aliphatic heterocycles. The molecule has 2 atom stereocenters. The third-order valence-corrected chi connectivity index (χ3v) is 3.34. The molecule has 1 fully saturated rings. The Bertz CT molecular complexity index is 354. The van der Waals surface area contributed by atoms with Crippen molar-refractivity contribution in [3.63, 3.8) is 0 Å². The standard InChI is InChI=1S/C11H16ClN3/c1-3-7-5-9(7)15-11-8(4-2)10(12)13-6-14-11/h6-7,9H,3-5H2,1-2H3,(H,13,14,15). The average molecular weight is 226 g/mol. The van der Waals surface area contributed by atoms with Gasteiger partial charge in [-0.15, -0.1) is 0 Å². The van der Waals surface area contributed by atoms with Crippen molar-refractivity contribution in [1.29, 1.82) is 0 Å². The molecule has 15 heavy (non-hydrogen) atoms. The van der Waals surface area contributed by atoms with Gasteiger partial charge < -0.3 is 5.32 Å². The van der Waals surface area contributed by atoms with Crippen molar-refractivity contribution in [2.75, 3.05) is 5.32 Å². The third kappa shape index (κ3) is 2.23. The monoisotopic (exact) mass is 225 g/mol. The average Bonchev–Trinajstić information content (AvgIpc) is 2.97. The smallest absolute Gasteiger partial charge is 0.137 e. The lowest BCUT2D eigenvalue weighted by molar-refractivity contribution is 0.772. The summed E-state index contributed by atoms with van der Waals surface area (Å²) in [5, 5.41) is 4.01. The van der Waals surface area contributed by atoms with Crippen LogP contribution in [0.25, 0.3) is 0 Å². The van der Waals surface area contributed by atoms with Gasteiger partial charge in [-0.1, -0.05) is 31.9 Å². The molecular weight excluding hydrogens is 210 g/mol. The number of anilines is 1. The van der Waals surface area contributed by atoms with Crippen LogP contribution >= 0.6 is 11.6 Å². The highest BCUT2D eigenvalue weighted by Crippen LogP contribution is 2.36. The van der Waals surface area contributed by atoms with E-state index in [1.54, 1.807) is 0 Å². The molecule has 1 aliphatic carbocycles. The van der Waals surface area contributed by atoms with E-state index in [0.29, 0.717) is 11.2 Å². The second-order valence-electron chi connectivity index (χ2n) is 4.00. The molecule has 82 valence electrons. The largest absolute Gasteiger partial charge is 0.367 e. The molecule has 2 unspecified atom stereocenters. The SMILES string of the molecule is CCc1c(Cl)ncnc1NC1CC1CC. The number of rotatable bonds is 4. The normalized spacial score (nSPS) is 23.9. The van der Waals surface area contributed by atoms with Crippen LogP contribution in [0.15, 0.2) is 6.33 Å². The molecular formula is C11H16ClN3. The molecule has 0 amide bonds. The Balaban J connectivity index is 2.11. The first-order valence-electron chi connectivity index (χ1n) is 5.52. The zero-order valence-electron chi connectivity index (χ0n) is 9.13. The van der Waals surface area contributed by atoms with Crippen molar-refractivity contribution in [2.45, 2.75) is 39.2 Å². The van der Waals surface area contributed by atoms with Crippen LogP contribution in [0.2, 0.25) is 5.15 Å². The maximum Gasteiger partial charge on any atom is 0.137 e. The van der Waals surface area contributed by atoms with Gasteiger partial charge in [0.15, 0.2) is 0 Å². The topological polar surface area (TPSA) is 37.8 Å². The Labute approximate surface area is 95.3 Å². The van der Waals surface area contributed by atoms with Crippen molar-refractivity contribution in [2.24, 2.45) is 5.92 Å². The molecule has 1 saturated carbocycles. The summed E-state index contributed by atoms with van der Waals surface area (Å²) in [6, 6.07) is 0.589. The van der Waals surface area contributed by atoms with Gasteiger partial charge in [0.25, 0.3) is 0 Å². The molecule has 0 spiro atoms. The summed E-state index contributed by atoms with van der Waals surface area (Å²) in [6.07, 6.45) is 4.87. The minimum atomic E-state index is 0.573. The number of nitrogens with zero attached hydrogens (tertiary/aromatic N) is 2. The van der Waals surface area contributed by atoms with Crippen molar-refractivity contribution in [3.8, 4) is 0 Å². The van der Waals surface area contributed by atoms with E-state index in [-0.39, 0.29) is 0 Å². The van der Waals surface area contributed by atoms with Crippen molar-refractivity contribution in [3.05, 3.63) is 17.0 Å². The van der Waals surface area contributed by atoms with Crippen molar-refractivity contribution < 1.29 is 0 Å². The Morgan fingerprint density at radius 3 is 2.87 bits per heavy atom. The van der Waals surface area contributed by atoms with E-state index in [0.717, 1.165) is 23.7 Å². The van der Waals surface area contributed by atoms with Crippen LogP contribution < -0.4 is 5.32 Å². The predicted molar refractivity (Wildman–Crippen MR) is 62.2 cm³/mol. The zero-order chi connectivity index (χ0) is 10.8. The van der Waals surface area contributed by atoms with E-state index in [1.165, 1.54) is 19.2 Å². The zero-order valence-corrected chi connectivity index (χ0v) is 9.88. The molecule has 3 nitrogen and oxygen atoms in total. The summed E-state index contributed by atoms with van der Waals surface area (Å²) in [5.41, 5.74) is 1.03. The lowest BCUT2D eigenvalue weighted by Gasteiger charge is -2.09. The highest BCUT2D eigenvalue weighted by atomic mass is 35.5. The van der Waals surface area contributed by atoms with Gasteiger partial charge in [0.05, 0.1) is 0 Å². The fourth-order valence-electron chi connectivity index (χ4n) is 1.88. The van der Waals surface area contributed by atoms with Crippen LogP contribution in [0.4, 0.5) is 5.82 Å². The van der Waals surface area contributed by atoms with Gasteiger partial charge in [-0.05, 0) is 18.8 Å². The van der Waals surface area contributed by atoms with E-state index in [9.17, 15) is 0 Å². The van der Waals surface area contributed by atoms with Gasteiger partial charge in [0.1, 0.15) is 17.3 Å². The molecule has 1 N–H and O–H groups in total. The summed E-state index contributed by atoms with van der Waals surface area (Å²) in [6.45, 7) is 4.29. The Kier molecular flexibility index (Phi) is 3.10. The fourth-order valence-corrected chi connectivity index (χ4v) is 2.15. The van der Waals surface area contributed by atoms with E-state index in [2.05, 4.69) is 29.1 Å². The maximum atomic E-state index is 6.01. The Hall–Kier alpha value is -0.830. The molecule has 2 rings (SSSR count). The second kappa shape index (κ2) is 4.35. The van der Waals surface area contributed by atoms with Crippen molar-refractivity contribution in [1.82, 2.24) is 9.97 Å². The van der Waals surface area contributed by atoms with E-state index in [4.69, 9.17) is 11.6 Å². The molecule has 1 aromatic rings. The molecule has 4 heteroatoms. The fraction of sp³-hybridized carbons (Fsp3) is 0.636. The lowest BCUT2D eigenvalue weighted by Crippen LogP contribution is -2.09. The maximum absolute atomic E-state index is 6.01. The summed E-state index contributed by atoms with van der Waals surface area (Å²) >= 11 is 6.01. The Morgan fingerprint density at radius 1 is 1.47 bits per heavy atom. The van der Waals surface area contributed by atoms with Crippen LogP contribution in [0.3, 0.4) is 0 Å². The summed E-state index contributed by atoms with van der Waals surface area (Å²) in [5.74, 6) is 1.72. The van der Waals surface area contributed by atoms with Gasteiger partial charge in [-0.25, -0.2) is 9.97 Å². The number of hydrogen-bond acceptors (Lipinski definition) is 3. The van der Waals surface area contributed by atoms with Gasteiger partial charge in [-0.3, -0.25) is 0 Å². The van der Waals surface area contributed by atoms with Crippen LogP contribution in [-0.4, -0.2) is 16.0 Å². The lowest BCUT2D eigenvalue weighted by atomic mass is 10.2. The summed E-state index contributed by atoms with van der Waals surface area (Å²) in [7, 11) is 0. The first kappa shape index (κ1) is 10.7. The van der Waals surface area contributed by atoms with Gasteiger partial charge >= 0.3 is 0 Å². The Morgan fingerprint density at radius 2 is 2.27 bits per heavy atom. The van der Waals surface area contributed by atoms with E-state index >= 15 is 0 Å². The number of halogens is 1. The summed E-state index contributed by atoms with van der Waals surface area (Å²) in [4.78, 5) is 8.24. The van der Waals surface area contributed by atoms with Gasteiger partial charge in [0, 0.05) is 11.6 Å². The number of hydrogen-bond donors (Lipinski definition) is 1. The first-order chi connectivity index (χ1) is 7.26. The molecule has 0 radical (unpaired) electrons. The molecule has 0 aromatic carbocycles. The predicted octanol–water partition coefficient (Wildman–Crippen LogP) is 2.90. The molecule has 0 bridgehead atoms. The first-order valence-corrected chi connectivity index (χ1v) is 5.90. The number of nitrogens with one attached hydrogen (secondary N) is 1. The summed E-state index contributed by atoms with van der Waals surface area (Å²) < 4.78 is 0. The molecule has 1 aliphatic rings. The van der Waals surface area contributed by atoms with Gasteiger partial charge in [0.2, 0.25) is 0 Å². The van der Waals surface area contributed by atoms with Crippen LogP contribution in [-0.2, 0) is 6.42 Å². The quantitative estimate of drug-likeness (QED) is 0.801. The van der Waals surface area contributed by atoms with Crippen LogP contribution in [0, 0.1) is 5.92 Å². The third-order valence-electron chi connectivity index (χ3n) is 3.02. The van der Waals surface area contributed by atoms with Crippen LogP contribution in [0.5, 0.6) is 0 Å². The van der Waals surface area contributed by atoms with Gasteiger partial charge in [-0.2, -0.15) is 0 Å². The minimum absolute atomic E-state index is 0.573. The minimum Gasteiger partial charge on any atom is -0.367 e. The number of aromatic nitrogens is 2.